The van der Waals surface area contributed by atoms with E-state index in [1.807, 2.05) is 4.90 Å². The van der Waals surface area contributed by atoms with Crippen molar-refractivity contribution in [2.24, 2.45) is 0 Å². The second kappa shape index (κ2) is 8.66. The normalized spacial score (nSPS) is 15.4. The molecule has 1 aliphatic heterocycles. The van der Waals surface area contributed by atoms with Gasteiger partial charge in [-0.1, -0.05) is 6.07 Å². The molecule has 1 N–H and O–H groups in total. The molecule has 1 saturated heterocycles. The maximum Gasteiger partial charge on any atom is 0.271 e. The molecule has 1 amide bonds. The van der Waals surface area contributed by atoms with Gasteiger partial charge in [0.05, 0.1) is 0 Å². The van der Waals surface area contributed by atoms with E-state index in [1.165, 1.54) is 5.56 Å². The van der Waals surface area contributed by atoms with Crippen LogP contribution in [0.3, 0.4) is 0 Å². The van der Waals surface area contributed by atoms with Crippen LogP contribution in [0.5, 0.6) is 0 Å². The lowest BCUT2D eigenvalue weighted by Gasteiger charge is -2.34. The summed E-state index contributed by atoms with van der Waals surface area (Å²) in [6, 6.07) is 12.0. The molecule has 0 bridgehead atoms. The summed E-state index contributed by atoms with van der Waals surface area (Å²) in [4.78, 5) is 17.0. The van der Waals surface area contributed by atoms with Gasteiger partial charge in [-0.05, 0) is 58.1 Å². The Morgan fingerprint density at radius 3 is 2.38 bits per heavy atom. The van der Waals surface area contributed by atoms with Crippen molar-refractivity contribution in [2.45, 2.75) is 10.8 Å². The van der Waals surface area contributed by atoms with Gasteiger partial charge in [0.15, 0.2) is 0 Å². The Morgan fingerprint density at radius 2 is 1.76 bits per heavy atom. The topological polar surface area (TPSA) is 69.7 Å². The number of carbonyl (C=O) groups excluding carboxylic acids is 1. The van der Waals surface area contributed by atoms with E-state index in [0.717, 1.165) is 31.0 Å². The highest BCUT2D eigenvalue weighted by Crippen LogP contribution is 2.21. The van der Waals surface area contributed by atoms with E-state index in [2.05, 4.69) is 26.4 Å². The molecule has 0 saturated carbocycles. The first kappa shape index (κ1) is 20.1. The number of benzene rings is 1. The number of nitrogens with zero attached hydrogens (tertiary/aromatic N) is 2. The monoisotopic (exact) mass is 447 g/mol. The van der Waals surface area contributed by atoms with Crippen LogP contribution in [0.2, 0.25) is 0 Å². The first-order chi connectivity index (χ1) is 14.0. The molecule has 3 aromatic rings. The molecule has 152 valence electrons. The standard InChI is InChI=1S/C20H21N3O3S3/c24-20(23-10-8-22(9-11-23)14-16-7-13-27-15-16)17-3-5-18(6-4-17)21-29(25,26)19-2-1-12-28-19/h1-7,12-13,15,21H,8-11,14H2. The van der Waals surface area contributed by atoms with Gasteiger partial charge >= 0.3 is 0 Å². The zero-order valence-corrected chi connectivity index (χ0v) is 18.1. The fraction of sp³-hybridized carbons (Fsp3) is 0.250. The van der Waals surface area contributed by atoms with Gasteiger partial charge in [0, 0.05) is 44.0 Å². The van der Waals surface area contributed by atoms with Gasteiger partial charge < -0.3 is 4.90 Å². The predicted molar refractivity (Wildman–Crippen MR) is 117 cm³/mol. The molecule has 4 rings (SSSR count). The van der Waals surface area contributed by atoms with Crippen LogP contribution in [-0.4, -0.2) is 50.3 Å². The molecule has 0 spiro atoms. The van der Waals surface area contributed by atoms with Crippen molar-refractivity contribution in [2.75, 3.05) is 30.9 Å². The van der Waals surface area contributed by atoms with Crippen LogP contribution in [0.15, 0.2) is 62.8 Å². The smallest absolute Gasteiger partial charge is 0.271 e. The molecule has 0 radical (unpaired) electrons. The minimum Gasteiger partial charge on any atom is -0.336 e. The van der Waals surface area contributed by atoms with Crippen molar-refractivity contribution in [3.63, 3.8) is 0 Å². The summed E-state index contributed by atoms with van der Waals surface area (Å²) < 4.78 is 27.4. The first-order valence-electron chi connectivity index (χ1n) is 9.20. The van der Waals surface area contributed by atoms with Crippen LogP contribution in [0.1, 0.15) is 15.9 Å². The fourth-order valence-corrected chi connectivity index (χ4v) is 5.95. The highest BCUT2D eigenvalue weighted by molar-refractivity contribution is 7.94. The minimum atomic E-state index is -3.58. The van der Waals surface area contributed by atoms with Crippen LogP contribution in [0, 0.1) is 0 Å². The third kappa shape index (κ3) is 4.87. The number of thiophene rings is 2. The van der Waals surface area contributed by atoms with Gasteiger partial charge in [-0.15, -0.1) is 11.3 Å². The summed E-state index contributed by atoms with van der Waals surface area (Å²) in [7, 11) is -3.58. The number of amides is 1. The van der Waals surface area contributed by atoms with E-state index in [1.54, 1.807) is 53.1 Å². The molecule has 1 fully saturated rings. The average molecular weight is 448 g/mol. The zero-order valence-electron chi connectivity index (χ0n) is 15.7. The summed E-state index contributed by atoms with van der Waals surface area (Å²) in [5.41, 5.74) is 2.32. The largest absolute Gasteiger partial charge is 0.336 e. The van der Waals surface area contributed by atoms with Crippen LogP contribution in [0.4, 0.5) is 5.69 Å². The molecule has 2 aromatic heterocycles. The second-order valence-electron chi connectivity index (χ2n) is 6.81. The Bertz CT molecular complexity index is 1040. The molecule has 1 aliphatic rings. The number of hydrogen-bond acceptors (Lipinski definition) is 6. The summed E-state index contributed by atoms with van der Waals surface area (Å²) in [6.45, 7) is 4.00. The van der Waals surface area contributed by atoms with E-state index in [-0.39, 0.29) is 10.1 Å². The highest BCUT2D eigenvalue weighted by atomic mass is 32.2. The van der Waals surface area contributed by atoms with Crippen molar-refractivity contribution >= 4 is 44.3 Å². The lowest BCUT2D eigenvalue weighted by atomic mass is 10.1. The third-order valence-corrected chi connectivity index (χ3v) is 8.30. The summed E-state index contributed by atoms with van der Waals surface area (Å²) in [5, 5.41) is 5.96. The maximum absolute atomic E-state index is 12.8. The van der Waals surface area contributed by atoms with Crippen molar-refractivity contribution in [1.29, 1.82) is 0 Å². The Labute approximate surface area is 178 Å². The van der Waals surface area contributed by atoms with Crippen LogP contribution >= 0.6 is 22.7 Å². The summed E-state index contributed by atoms with van der Waals surface area (Å²) in [5.74, 6) is -0.0205. The summed E-state index contributed by atoms with van der Waals surface area (Å²) in [6.07, 6.45) is 0. The molecule has 3 heterocycles. The minimum absolute atomic E-state index is 0.0205. The van der Waals surface area contributed by atoms with Crippen LogP contribution < -0.4 is 4.72 Å². The van der Waals surface area contributed by atoms with E-state index >= 15 is 0 Å². The number of piperazine rings is 1. The van der Waals surface area contributed by atoms with E-state index in [4.69, 9.17) is 0 Å². The molecule has 0 unspecified atom stereocenters. The van der Waals surface area contributed by atoms with Crippen LogP contribution in [0.25, 0.3) is 0 Å². The molecule has 0 aliphatic carbocycles. The van der Waals surface area contributed by atoms with Crippen molar-refractivity contribution < 1.29 is 13.2 Å². The Hall–Kier alpha value is -2.20. The number of nitrogens with one attached hydrogen (secondary N) is 1. The SMILES string of the molecule is O=C(c1ccc(NS(=O)(=O)c2cccs2)cc1)N1CCN(Cc2ccsc2)CC1. The molecular weight excluding hydrogens is 426 g/mol. The van der Waals surface area contributed by atoms with E-state index < -0.39 is 10.0 Å². The number of rotatable bonds is 6. The molecule has 9 heteroatoms. The molecular formula is C20H21N3O3S3. The van der Waals surface area contributed by atoms with Gasteiger partial charge in [0.1, 0.15) is 4.21 Å². The lowest BCUT2D eigenvalue weighted by Crippen LogP contribution is -2.48. The highest BCUT2D eigenvalue weighted by Gasteiger charge is 2.22. The molecule has 1 aromatic carbocycles. The van der Waals surface area contributed by atoms with Crippen molar-refractivity contribution in [1.82, 2.24) is 9.80 Å². The van der Waals surface area contributed by atoms with Crippen LogP contribution in [-0.2, 0) is 16.6 Å². The van der Waals surface area contributed by atoms with Gasteiger partial charge in [0.2, 0.25) is 0 Å². The quantitative estimate of drug-likeness (QED) is 0.627. The Kier molecular flexibility index (Phi) is 6.00. The Morgan fingerprint density at radius 1 is 1.00 bits per heavy atom. The average Bonchev–Trinajstić information content (AvgIpc) is 3.43. The third-order valence-electron chi connectivity index (χ3n) is 4.79. The maximum atomic E-state index is 12.8. The van der Waals surface area contributed by atoms with Gasteiger partial charge in [-0.3, -0.25) is 14.4 Å². The molecule has 6 nitrogen and oxygen atoms in total. The zero-order chi connectivity index (χ0) is 20.3. The van der Waals surface area contributed by atoms with E-state index in [9.17, 15) is 13.2 Å². The first-order valence-corrected chi connectivity index (χ1v) is 12.5. The number of hydrogen-bond donors (Lipinski definition) is 1. The fourth-order valence-electron chi connectivity index (χ4n) is 3.24. The van der Waals surface area contributed by atoms with Gasteiger partial charge in [0.25, 0.3) is 15.9 Å². The van der Waals surface area contributed by atoms with Gasteiger partial charge in [-0.2, -0.15) is 11.3 Å². The Balaban J connectivity index is 1.34. The number of anilines is 1. The van der Waals surface area contributed by atoms with Crippen molar-refractivity contribution in [3.05, 3.63) is 69.7 Å². The summed E-state index contributed by atoms with van der Waals surface area (Å²) >= 11 is 2.86. The predicted octanol–water partition coefficient (Wildman–Crippen LogP) is 3.57. The number of carbonyl (C=O) groups is 1. The van der Waals surface area contributed by atoms with Crippen molar-refractivity contribution in [3.8, 4) is 0 Å². The van der Waals surface area contributed by atoms with Gasteiger partial charge in [-0.25, -0.2) is 8.42 Å². The van der Waals surface area contributed by atoms with E-state index in [0.29, 0.717) is 24.3 Å². The number of sulfonamides is 1. The molecule has 0 atom stereocenters. The molecule has 29 heavy (non-hydrogen) atoms. The lowest BCUT2D eigenvalue weighted by molar-refractivity contribution is 0.0628. The second-order valence-corrected chi connectivity index (χ2v) is 10.5.